The fraction of sp³-hybridized carbons (Fsp3) is 0.611. The number of ether oxygens (including phenoxy) is 1. The van der Waals surface area contributed by atoms with Crippen LogP contribution in [0.5, 0.6) is 0 Å². The molecule has 0 unspecified atom stereocenters. The molecule has 0 N–H and O–H groups in total. The van der Waals surface area contributed by atoms with E-state index in [0.717, 1.165) is 76.4 Å². The molecule has 2 aliphatic heterocycles. The molecule has 2 aliphatic rings. The van der Waals surface area contributed by atoms with Gasteiger partial charge >= 0.3 is 0 Å². The topological polar surface area (TPSA) is 62.6 Å². The molecule has 4 rings (SSSR count). The first-order valence-corrected chi connectivity index (χ1v) is 9.32. The predicted molar refractivity (Wildman–Crippen MR) is 100 cm³/mol. The van der Waals surface area contributed by atoms with Gasteiger partial charge in [0, 0.05) is 58.6 Å². The zero-order valence-electron chi connectivity index (χ0n) is 15.6. The van der Waals surface area contributed by atoms with E-state index in [2.05, 4.69) is 55.1 Å². The summed E-state index contributed by atoms with van der Waals surface area (Å²) in [7, 11) is 2.00. The Labute approximate surface area is 154 Å². The fourth-order valence-electron chi connectivity index (χ4n) is 3.52. The van der Waals surface area contributed by atoms with Gasteiger partial charge in [0.15, 0.2) is 11.6 Å². The van der Waals surface area contributed by atoms with Crippen molar-refractivity contribution in [3.63, 3.8) is 0 Å². The second-order valence-electron chi connectivity index (χ2n) is 7.01. The van der Waals surface area contributed by atoms with E-state index in [9.17, 15) is 0 Å². The van der Waals surface area contributed by atoms with E-state index in [1.165, 1.54) is 5.69 Å². The van der Waals surface area contributed by atoms with E-state index in [1.807, 2.05) is 11.7 Å². The van der Waals surface area contributed by atoms with Gasteiger partial charge in [-0.3, -0.25) is 9.58 Å². The van der Waals surface area contributed by atoms with E-state index in [4.69, 9.17) is 4.74 Å². The Morgan fingerprint density at radius 2 is 1.54 bits per heavy atom. The van der Waals surface area contributed by atoms with E-state index in [0.29, 0.717) is 0 Å². The van der Waals surface area contributed by atoms with E-state index in [-0.39, 0.29) is 0 Å². The van der Waals surface area contributed by atoms with E-state index >= 15 is 0 Å². The summed E-state index contributed by atoms with van der Waals surface area (Å²) >= 11 is 0. The average Bonchev–Trinajstić information content (AvgIpc) is 3.00. The lowest BCUT2D eigenvalue weighted by Crippen LogP contribution is -2.46. The molecule has 8 nitrogen and oxygen atoms in total. The molecule has 0 radical (unpaired) electrons. The second-order valence-corrected chi connectivity index (χ2v) is 7.01. The van der Waals surface area contributed by atoms with Crippen molar-refractivity contribution in [2.75, 3.05) is 62.3 Å². The number of morpholine rings is 1. The van der Waals surface area contributed by atoms with Crippen LogP contribution in [0.3, 0.4) is 0 Å². The van der Waals surface area contributed by atoms with Crippen molar-refractivity contribution < 1.29 is 4.74 Å². The third-order valence-corrected chi connectivity index (χ3v) is 5.22. The molecule has 0 amide bonds. The molecule has 2 fully saturated rings. The molecule has 0 aliphatic carbocycles. The Kier molecular flexibility index (Phi) is 5.03. The minimum atomic E-state index is 0.765. The number of nitrogens with zero attached hydrogens (tertiary/aromatic N) is 7. The van der Waals surface area contributed by atoms with Gasteiger partial charge in [-0.25, -0.2) is 0 Å². The Morgan fingerprint density at radius 1 is 0.923 bits per heavy atom. The summed E-state index contributed by atoms with van der Waals surface area (Å²) in [5, 5.41) is 13.5. The number of piperazine rings is 1. The van der Waals surface area contributed by atoms with E-state index < -0.39 is 0 Å². The lowest BCUT2D eigenvalue weighted by atomic mass is 10.2. The number of aryl methyl sites for hydroxylation is 2. The molecule has 0 spiro atoms. The molecular formula is C18H27N7O. The lowest BCUT2D eigenvalue weighted by molar-refractivity contribution is 0.122. The molecule has 4 heterocycles. The van der Waals surface area contributed by atoms with Crippen molar-refractivity contribution in [3.8, 4) is 0 Å². The van der Waals surface area contributed by atoms with Crippen LogP contribution in [0, 0.1) is 6.92 Å². The maximum absolute atomic E-state index is 5.39. The van der Waals surface area contributed by atoms with Crippen LogP contribution in [0.1, 0.15) is 11.4 Å². The van der Waals surface area contributed by atoms with Gasteiger partial charge in [0.05, 0.1) is 18.9 Å². The monoisotopic (exact) mass is 357 g/mol. The van der Waals surface area contributed by atoms with E-state index in [1.54, 1.807) is 0 Å². The number of aromatic nitrogens is 4. The van der Waals surface area contributed by atoms with Gasteiger partial charge in [-0.05, 0) is 25.1 Å². The third-order valence-electron chi connectivity index (χ3n) is 5.22. The van der Waals surface area contributed by atoms with Gasteiger partial charge in [-0.15, -0.1) is 10.2 Å². The molecule has 0 aromatic carbocycles. The third kappa shape index (κ3) is 3.81. The van der Waals surface area contributed by atoms with Crippen LogP contribution in [0.4, 0.5) is 11.6 Å². The van der Waals surface area contributed by atoms with Crippen molar-refractivity contribution in [3.05, 3.63) is 29.6 Å². The van der Waals surface area contributed by atoms with Crippen molar-refractivity contribution in [1.82, 2.24) is 24.9 Å². The summed E-state index contributed by atoms with van der Waals surface area (Å²) in [6.45, 7) is 10.3. The zero-order valence-corrected chi connectivity index (χ0v) is 15.6. The molecule has 26 heavy (non-hydrogen) atoms. The Balaban J connectivity index is 1.31. The highest BCUT2D eigenvalue weighted by Crippen LogP contribution is 2.18. The van der Waals surface area contributed by atoms with Crippen LogP contribution >= 0.6 is 0 Å². The summed E-state index contributed by atoms with van der Waals surface area (Å²) in [6, 6.07) is 6.34. The Morgan fingerprint density at radius 3 is 2.08 bits per heavy atom. The maximum atomic E-state index is 5.39. The lowest BCUT2D eigenvalue weighted by Gasteiger charge is -2.35. The minimum absolute atomic E-state index is 0.765. The standard InChI is InChI=1S/C18H27N7O/c1-15-13-16(21-22(15)2)14-23-5-7-24(8-6-23)17-3-4-18(20-19-17)25-9-11-26-12-10-25/h3-4,13H,5-12,14H2,1-2H3. The highest BCUT2D eigenvalue weighted by Gasteiger charge is 2.20. The van der Waals surface area contributed by atoms with Crippen LogP contribution in [0.2, 0.25) is 0 Å². The first-order chi connectivity index (χ1) is 12.7. The molecule has 8 heteroatoms. The molecule has 0 bridgehead atoms. The van der Waals surface area contributed by atoms with Gasteiger partial charge in [-0.1, -0.05) is 0 Å². The van der Waals surface area contributed by atoms with Crippen LogP contribution in [0.15, 0.2) is 18.2 Å². The van der Waals surface area contributed by atoms with Crippen molar-refractivity contribution in [2.24, 2.45) is 7.05 Å². The highest BCUT2D eigenvalue weighted by molar-refractivity contribution is 5.45. The van der Waals surface area contributed by atoms with Gasteiger partial charge < -0.3 is 14.5 Å². The minimum Gasteiger partial charge on any atom is -0.378 e. The quantitative estimate of drug-likeness (QED) is 0.797. The molecule has 140 valence electrons. The normalized spacial score (nSPS) is 19.2. The fourth-order valence-corrected chi connectivity index (χ4v) is 3.52. The molecular weight excluding hydrogens is 330 g/mol. The Bertz CT molecular complexity index is 696. The van der Waals surface area contributed by atoms with Crippen LogP contribution < -0.4 is 9.80 Å². The van der Waals surface area contributed by atoms with Gasteiger partial charge in [0.2, 0.25) is 0 Å². The number of rotatable bonds is 4. The maximum Gasteiger partial charge on any atom is 0.151 e. The van der Waals surface area contributed by atoms with Crippen LogP contribution in [0.25, 0.3) is 0 Å². The molecule has 2 saturated heterocycles. The van der Waals surface area contributed by atoms with Gasteiger partial charge in [0.25, 0.3) is 0 Å². The molecule has 2 aromatic heterocycles. The second kappa shape index (κ2) is 7.59. The van der Waals surface area contributed by atoms with Crippen LogP contribution in [-0.4, -0.2) is 77.4 Å². The zero-order chi connectivity index (χ0) is 17.9. The molecule has 0 atom stereocenters. The largest absolute Gasteiger partial charge is 0.378 e. The predicted octanol–water partition coefficient (Wildman–Crippen LogP) is 0.677. The summed E-state index contributed by atoms with van der Waals surface area (Å²) in [6.07, 6.45) is 0. The first-order valence-electron chi connectivity index (χ1n) is 9.32. The number of hydrogen-bond donors (Lipinski definition) is 0. The van der Waals surface area contributed by atoms with Gasteiger partial charge in [-0.2, -0.15) is 5.10 Å². The molecule has 2 aromatic rings. The molecule has 0 saturated carbocycles. The summed E-state index contributed by atoms with van der Waals surface area (Å²) in [5.74, 6) is 1.91. The van der Waals surface area contributed by atoms with Crippen molar-refractivity contribution >= 4 is 11.6 Å². The number of anilines is 2. The number of hydrogen-bond acceptors (Lipinski definition) is 7. The first kappa shape index (κ1) is 17.2. The summed E-state index contributed by atoms with van der Waals surface area (Å²) in [5.41, 5.74) is 2.35. The average molecular weight is 357 g/mol. The van der Waals surface area contributed by atoms with Crippen molar-refractivity contribution in [2.45, 2.75) is 13.5 Å². The van der Waals surface area contributed by atoms with Crippen LogP contribution in [-0.2, 0) is 18.3 Å². The summed E-state index contributed by atoms with van der Waals surface area (Å²) in [4.78, 5) is 7.00. The SMILES string of the molecule is Cc1cc(CN2CCN(c3ccc(N4CCOCC4)nn3)CC2)nn1C. The summed E-state index contributed by atoms with van der Waals surface area (Å²) < 4.78 is 7.33. The van der Waals surface area contributed by atoms with Crippen molar-refractivity contribution in [1.29, 1.82) is 0 Å². The smallest absolute Gasteiger partial charge is 0.151 e. The Hall–Kier alpha value is -2.19. The highest BCUT2D eigenvalue weighted by atomic mass is 16.5. The van der Waals surface area contributed by atoms with Gasteiger partial charge in [0.1, 0.15) is 0 Å².